The van der Waals surface area contributed by atoms with Crippen LogP contribution in [0, 0.1) is 5.82 Å². The van der Waals surface area contributed by atoms with Crippen molar-refractivity contribution in [2.24, 2.45) is 4.99 Å². The molecule has 0 N–H and O–H groups in total. The summed E-state index contributed by atoms with van der Waals surface area (Å²) < 4.78 is 16.2. The first-order valence-corrected chi connectivity index (χ1v) is 7.24. The van der Waals surface area contributed by atoms with Crippen LogP contribution < -0.4 is 0 Å². The van der Waals surface area contributed by atoms with Crippen molar-refractivity contribution in [1.29, 1.82) is 0 Å². The summed E-state index contributed by atoms with van der Waals surface area (Å²) in [5.74, 6) is 0.515. The van der Waals surface area contributed by atoms with E-state index in [0.717, 1.165) is 17.1 Å². The molecule has 0 bridgehead atoms. The Bertz CT molecular complexity index is 898. The molecule has 3 aromatic rings. The third kappa shape index (κ3) is 2.04. The van der Waals surface area contributed by atoms with E-state index in [0.29, 0.717) is 22.8 Å². The Morgan fingerprint density at radius 1 is 1.09 bits per heavy atom. The van der Waals surface area contributed by atoms with Gasteiger partial charge in [-0.2, -0.15) is 0 Å². The minimum absolute atomic E-state index is 0.299. The lowest BCUT2D eigenvalue weighted by molar-refractivity contribution is 0.625. The van der Waals surface area contributed by atoms with Crippen LogP contribution in [-0.2, 0) is 6.54 Å². The summed E-state index contributed by atoms with van der Waals surface area (Å²) in [7, 11) is 0. The predicted molar refractivity (Wildman–Crippen MR) is 84.3 cm³/mol. The average molecular weight is 312 g/mol. The largest absolute Gasteiger partial charge is 0.302 e. The van der Waals surface area contributed by atoms with E-state index < -0.39 is 0 Å². The van der Waals surface area contributed by atoms with Crippen LogP contribution >= 0.6 is 11.6 Å². The van der Waals surface area contributed by atoms with Gasteiger partial charge in [0.2, 0.25) is 0 Å². The number of fused-ring (bicyclic) bond motifs is 3. The third-order valence-electron chi connectivity index (χ3n) is 3.70. The lowest BCUT2D eigenvalue weighted by atomic mass is 10.00. The number of hydrogen-bond donors (Lipinski definition) is 0. The standard InChI is InChI=1S/C17H11ClFN3/c18-11-5-6-15-13(9-11)17(12-3-1-2-4-14(12)19)21-10-16-20-7-8-22(15)16/h1-9H,10H2. The highest BCUT2D eigenvalue weighted by molar-refractivity contribution is 6.31. The fraction of sp³-hybridized carbons (Fsp3) is 0.0588. The number of aromatic nitrogens is 2. The van der Waals surface area contributed by atoms with E-state index in [1.165, 1.54) is 6.07 Å². The van der Waals surface area contributed by atoms with Crippen molar-refractivity contribution in [3.05, 3.63) is 82.6 Å². The molecular formula is C17H11ClFN3. The quantitative estimate of drug-likeness (QED) is 0.667. The molecule has 1 aromatic heterocycles. The maximum absolute atomic E-state index is 14.2. The van der Waals surface area contributed by atoms with E-state index in [-0.39, 0.29) is 5.82 Å². The Hall–Kier alpha value is -2.46. The van der Waals surface area contributed by atoms with Gasteiger partial charge in [0.25, 0.3) is 0 Å². The van der Waals surface area contributed by atoms with Crippen molar-refractivity contribution in [2.75, 3.05) is 0 Å². The van der Waals surface area contributed by atoms with E-state index in [1.807, 2.05) is 29.0 Å². The summed E-state index contributed by atoms with van der Waals surface area (Å²) in [6.07, 6.45) is 3.61. The van der Waals surface area contributed by atoms with Crippen LogP contribution in [0.3, 0.4) is 0 Å². The van der Waals surface area contributed by atoms with E-state index in [4.69, 9.17) is 11.6 Å². The van der Waals surface area contributed by atoms with E-state index in [1.54, 1.807) is 24.4 Å². The molecule has 2 aromatic carbocycles. The normalized spacial score (nSPS) is 13.1. The zero-order valence-corrected chi connectivity index (χ0v) is 12.3. The minimum atomic E-state index is -0.299. The van der Waals surface area contributed by atoms with Crippen molar-refractivity contribution >= 4 is 17.3 Å². The van der Waals surface area contributed by atoms with Gasteiger partial charge in [-0.05, 0) is 30.3 Å². The Balaban J connectivity index is 2.01. The third-order valence-corrected chi connectivity index (χ3v) is 3.93. The van der Waals surface area contributed by atoms with Crippen LogP contribution in [0.15, 0.2) is 59.9 Å². The van der Waals surface area contributed by atoms with Crippen LogP contribution in [0.4, 0.5) is 4.39 Å². The molecule has 5 heteroatoms. The van der Waals surface area contributed by atoms with Gasteiger partial charge in [0.1, 0.15) is 11.6 Å². The van der Waals surface area contributed by atoms with Gasteiger partial charge in [-0.25, -0.2) is 9.37 Å². The summed E-state index contributed by atoms with van der Waals surface area (Å²) >= 11 is 6.15. The Kier molecular flexibility index (Phi) is 3.05. The summed E-state index contributed by atoms with van der Waals surface area (Å²) in [6, 6.07) is 12.2. The van der Waals surface area contributed by atoms with Crippen LogP contribution in [0.2, 0.25) is 5.02 Å². The van der Waals surface area contributed by atoms with Gasteiger partial charge in [-0.15, -0.1) is 0 Å². The van der Waals surface area contributed by atoms with Gasteiger partial charge in [0.15, 0.2) is 0 Å². The molecule has 1 aliphatic heterocycles. The van der Waals surface area contributed by atoms with Crippen LogP contribution in [0.5, 0.6) is 0 Å². The molecule has 108 valence electrons. The number of benzene rings is 2. The van der Waals surface area contributed by atoms with Crippen LogP contribution in [0.1, 0.15) is 17.0 Å². The second-order valence-electron chi connectivity index (χ2n) is 5.02. The number of hydrogen-bond acceptors (Lipinski definition) is 2. The molecule has 0 radical (unpaired) electrons. The first kappa shape index (κ1) is 13.2. The van der Waals surface area contributed by atoms with Crippen LogP contribution in [0.25, 0.3) is 5.69 Å². The number of aliphatic imine (C=N–C) groups is 1. The van der Waals surface area contributed by atoms with E-state index in [2.05, 4.69) is 9.98 Å². The van der Waals surface area contributed by atoms with Crippen molar-refractivity contribution in [2.45, 2.75) is 6.54 Å². The Labute approximate surface area is 131 Å². The second kappa shape index (κ2) is 5.07. The highest BCUT2D eigenvalue weighted by atomic mass is 35.5. The topological polar surface area (TPSA) is 30.2 Å². The highest BCUT2D eigenvalue weighted by Gasteiger charge is 2.21. The molecule has 4 rings (SSSR count). The smallest absolute Gasteiger partial charge is 0.134 e. The van der Waals surface area contributed by atoms with Crippen molar-refractivity contribution in [1.82, 2.24) is 9.55 Å². The molecule has 3 nitrogen and oxygen atoms in total. The Morgan fingerprint density at radius 2 is 1.95 bits per heavy atom. The SMILES string of the molecule is Fc1ccccc1C1=NCc2nccn2-c2ccc(Cl)cc21. The predicted octanol–water partition coefficient (Wildman–Crippen LogP) is 4.02. The molecule has 0 unspecified atom stereocenters. The fourth-order valence-electron chi connectivity index (χ4n) is 2.70. The maximum atomic E-state index is 14.2. The summed E-state index contributed by atoms with van der Waals surface area (Å²) in [6.45, 7) is 0.392. The van der Waals surface area contributed by atoms with Crippen molar-refractivity contribution < 1.29 is 4.39 Å². The molecule has 0 saturated carbocycles. The lowest BCUT2D eigenvalue weighted by Crippen LogP contribution is -2.08. The van der Waals surface area contributed by atoms with E-state index >= 15 is 0 Å². The van der Waals surface area contributed by atoms with E-state index in [9.17, 15) is 4.39 Å². The first-order chi connectivity index (χ1) is 10.7. The summed E-state index contributed by atoms with van der Waals surface area (Å²) in [5, 5.41) is 0.589. The fourth-order valence-corrected chi connectivity index (χ4v) is 2.87. The van der Waals surface area contributed by atoms with Gasteiger partial charge in [-0.3, -0.25) is 4.99 Å². The summed E-state index contributed by atoms with van der Waals surface area (Å²) in [4.78, 5) is 8.90. The molecule has 2 heterocycles. The first-order valence-electron chi connectivity index (χ1n) is 6.86. The van der Waals surface area contributed by atoms with Gasteiger partial charge < -0.3 is 4.57 Å². The monoisotopic (exact) mass is 311 g/mol. The van der Waals surface area contributed by atoms with Gasteiger partial charge in [-0.1, -0.05) is 23.7 Å². The molecule has 0 fully saturated rings. The average Bonchev–Trinajstić information content (AvgIpc) is 2.92. The van der Waals surface area contributed by atoms with Gasteiger partial charge >= 0.3 is 0 Å². The second-order valence-corrected chi connectivity index (χ2v) is 5.46. The lowest BCUT2D eigenvalue weighted by Gasteiger charge is -2.12. The summed E-state index contributed by atoms with van der Waals surface area (Å²) in [5.41, 5.74) is 2.77. The molecule has 0 atom stereocenters. The molecule has 0 aliphatic carbocycles. The molecule has 0 saturated heterocycles. The molecule has 22 heavy (non-hydrogen) atoms. The van der Waals surface area contributed by atoms with Gasteiger partial charge in [0.05, 0.1) is 17.9 Å². The minimum Gasteiger partial charge on any atom is -0.302 e. The number of halogens is 2. The molecule has 0 amide bonds. The zero-order chi connectivity index (χ0) is 15.1. The Morgan fingerprint density at radius 3 is 2.82 bits per heavy atom. The number of nitrogens with zero attached hydrogens (tertiary/aromatic N) is 3. The maximum Gasteiger partial charge on any atom is 0.134 e. The van der Waals surface area contributed by atoms with Gasteiger partial charge in [0, 0.05) is 28.5 Å². The molecular weight excluding hydrogens is 301 g/mol. The zero-order valence-electron chi connectivity index (χ0n) is 11.5. The van der Waals surface area contributed by atoms with Crippen molar-refractivity contribution in [3.63, 3.8) is 0 Å². The van der Waals surface area contributed by atoms with Crippen molar-refractivity contribution in [3.8, 4) is 5.69 Å². The molecule has 0 spiro atoms. The number of rotatable bonds is 1. The highest BCUT2D eigenvalue weighted by Crippen LogP contribution is 2.27. The van der Waals surface area contributed by atoms with Crippen LogP contribution in [-0.4, -0.2) is 15.3 Å². The molecule has 1 aliphatic rings. The number of imidazole rings is 1.